The Bertz CT molecular complexity index is 553. The van der Waals surface area contributed by atoms with E-state index in [1.54, 1.807) is 31.1 Å². The number of carbonyl (C=O) groups is 1. The molecule has 2 heterocycles. The largest absolute Gasteiger partial charge is 0.302 e. The first kappa shape index (κ1) is 13.7. The molecule has 2 aromatic rings. The molecule has 0 radical (unpaired) electrons. The van der Waals surface area contributed by atoms with Gasteiger partial charge < -0.3 is 4.57 Å². The molecule has 6 heteroatoms. The smallest absolute Gasteiger partial charge is 0.191 e. The van der Waals surface area contributed by atoms with E-state index in [1.165, 1.54) is 0 Å². The number of pyridine rings is 1. The van der Waals surface area contributed by atoms with Gasteiger partial charge in [0.15, 0.2) is 11.0 Å². The second-order valence-electron chi connectivity index (χ2n) is 4.09. The maximum Gasteiger partial charge on any atom is 0.191 e. The number of nitrogens with zero attached hydrogens (tertiary/aromatic N) is 4. The molecule has 0 spiro atoms. The molecule has 0 saturated heterocycles. The summed E-state index contributed by atoms with van der Waals surface area (Å²) < 4.78 is 2.06. The average Bonchev–Trinajstić information content (AvgIpc) is 2.82. The molecule has 5 nitrogen and oxygen atoms in total. The first-order chi connectivity index (χ1) is 9.22. The van der Waals surface area contributed by atoms with E-state index < -0.39 is 0 Å². The molecular formula is C13H16N4OS. The molecule has 19 heavy (non-hydrogen) atoms. The number of thioether (sulfide) groups is 1. The highest BCUT2D eigenvalue weighted by Gasteiger charge is 2.12. The quantitative estimate of drug-likeness (QED) is 0.758. The van der Waals surface area contributed by atoms with E-state index in [-0.39, 0.29) is 5.78 Å². The molecule has 2 rings (SSSR count). The Morgan fingerprint density at radius 3 is 2.68 bits per heavy atom. The van der Waals surface area contributed by atoms with E-state index in [0.717, 1.165) is 28.8 Å². The minimum absolute atomic E-state index is 0.199. The van der Waals surface area contributed by atoms with Gasteiger partial charge in [0.2, 0.25) is 0 Å². The van der Waals surface area contributed by atoms with Gasteiger partial charge >= 0.3 is 0 Å². The molecular weight excluding hydrogens is 260 g/mol. The number of Topliss-reactive ketones (excluding diaryl/α,β-unsaturated/α-hetero) is 1. The first-order valence-electron chi connectivity index (χ1n) is 6.18. The van der Waals surface area contributed by atoms with Crippen molar-refractivity contribution in [3.05, 3.63) is 24.5 Å². The van der Waals surface area contributed by atoms with Crippen LogP contribution in [0.25, 0.3) is 11.4 Å². The zero-order chi connectivity index (χ0) is 13.7. The topological polar surface area (TPSA) is 60.7 Å². The first-order valence-corrected chi connectivity index (χ1v) is 7.16. The summed E-state index contributed by atoms with van der Waals surface area (Å²) in [6, 6.07) is 3.83. The molecule has 100 valence electrons. The van der Waals surface area contributed by atoms with Crippen molar-refractivity contribution in [3.63, 3.8) is 0 Å². The number of aromatic nitrogens is 4. The Morgan fingerprint density at radius 2 is 2.05 bits per heavy atom. The summed E-state index contributed by atoms with van der Waals surface area (Å²) in [6.07, 6.45) is 4.05. The average molecular weight is 276 g/mol. The Hall–Kier alpha value is -1.69. The second kappa shape index (κ2) is 6.47. The number of rotatable bonds is 6. The third kappa shape index (κ3) is 3.41. The van der Waals surface area contributed by atoms with E-state index in [9.17, 15) is 4.79 Å². The monoisotopic (exact) mass is 276 g/mol. The standard InChI is InChI=1S/C13H16N4OS/c1-3-17-12(11-4-7-14-8-5-11)15-16-13(17)19-9-6-10(2)18/h4-5,7-8H,3,6,9H2,1-2H3. The molecule has 0 bridgehead atoms. The lowest BCUT2D eigenvalue weighted by Gasteiger charge is -2.06. The predicted octanol–water partition coefficient (Wildman–Crippen LogP) is 2.43. The van der Waals surface area contributed by atoms with Crippen LogP contribution in [-0.4, -0.2) is 31.3 Å². The molecule has 0 aromatic carbocycles. The Balaban J connectivity index is 2.18. The van der Waals surface area contributed by atoms with Gasteiger partial charge in [-0.15, -0.1) is 10.2 Å². The molecule has 0 aliphatic heterocycles. The van der Waals surface area contributed by atoms with Crippen molar-refractivity contribution < 1.29 is 4.79 Å². The summed E-state index contributed by atoms with van der Waals surface area (Å²) in [6.45, 7) is 4.46. The molecule has 0 atom stereocenters. The minimum Gasteiger partial charge on any atom is -0.302 e. The highest BCUT2D eigenvalue weighted by molar-refractivity contribution is 7.99. The number of carbonyl (C=O) groups excluding carboxylic acids is 1. The molecule has 0 amide bonds. The summed E-state index contributed by atoms with van der Waals surface area (Å²) in [5, 5.41) is 9.30. The molecule has 0 unspecified atom stereocenters. The van der Waals surface area contributed by atoms with Gasteiger partial charge in [0, 0.05) is 36.7 Å². The van der Waals surface area contributed by atoms with Crippen LogP contribution in [-0.2, 0) is 11.3 Å². The fraction of sp³-hybridized carbons (Fsp3) is 0.385. The summed E-state index contributed by atoms with van der Waals surface area (Å²) >= 11 is 1.57. The van der Waals surface area contributed by atoms with Crippen molar-refractivity contribution in [2.24, 2.45) is 0 Å². The van der Waals surface area contributed by atoms with E-state index in [4.69, 9.17) is 0 Å². The van der Waals surface area contributed by atoms with Gasteiger partial charge in [-0.1, -0.05) is 11.8 Å². The predicted molar refractivity (Wildman–Crippen MR) is 74.9 cm³/mol. The third-order valence-corrected chi connectivity index (χ3v) is 3.63. The van der Waals surface area contributed by atoms with Gasteiger partial charge in [-0.3, -0.25) is 9.78 Å². The molecule has 0 N–H and O–H groups in total. The van der Waals surface area contributed by atoms with Crippen LogP contribution in [0.1, 0.15) is 20.3 Å². The van der Waals surface area contributed by atoms with Crippen molar-refractivity contribution >= 4 is 17.5 Å². The lowest BCUT2D eigenvalue weighted by Crippen LogP contribution is -2.01. The van der Waals surface area contributed by atoms with Gasteiger partial charge in [0.25, 0.3) is 0 Å². The summed E-state index contributed by atoms with van der Waals surface area (Å²) in [7, 11) is 0. The van der Waals surface area contributed by atoms with Crippen molar-refractivity contribution in [1.29, 1.82) is 0 Å². The van der Waals surface area contributed by atoms with E-state index in [1.807, 2.05) is 12.1 Å². The number of hydrogen-bond donors (Lipinski definition) is 0. The van der Waals surface area contributed by atoms with E-state index in [0.29, 0.717) is 6.42 Å². The Kier molecular flexibility index (Phi) is 4.68. The Morgan fingerprint density at radius 1 is 1.32 bits per heavy atom. The summed E-state index contributed by atoms with van der Waals surface area (Å²) in [5.41, 5.74) is 1.00. The van der Waals surface area contributed by atoms with Crippen LogP contribution in [0.5, 0.6) is 0 Å². The lowest BCUT2D eigenvalue weighted by atomic mass is 10.2. The molecule has 0 aliphatic rings. The second-order valence-corrected chi connectivity index (χ2v) is 5.15. The van der Waals surface area contributed by atoms with Crippen molar-refractivity contribution in [2.45, 2.75) is 32.0 Å². The molecule has 0 aliphatic carbocycles. The van der Waals surface area contributed by atoms with Crippen LogP contribution in [0.15, 0.2) is 29.7 Å². The molecule has 0 fully saturated rings. The fourth-order valence-corrected chi connectivity index (χ4v) is 2.72. The highest BCUT2D eigenvalue weighted by Crippen LogP contribution is 2.23. The number of hydrogen-bond acceptors (Lipinski definition) is 5. The van der Waals surface area contributed by atoms with Crippen molar-refractivity contribution in [3.8, 4) is 11.4 Å². The van der Waals surface area contributed by atoms with E-state index in [2.05, 4.69) is 26.7 Å². The van der Waals surface area contributed by atoms with Crippen LogP contribution < -0.4 is 0 Å². The zero-order valence-electron chi connectivity index (χ0n) is 11.0. The van der Waals surface area contributed by atoms with Crippen LogP contribution in [0.3, 0.4) is 0 Å². The third-order valence-electron chi connectivity index (χ3n) is 2.66. The highest BCUT2D eigenvalue weighted by atomic mass is 32.2. The van der Waals surface area contributed by atoms with Gasteiger partial charge in [0.1, 0.15) is 5.78 Å². The van der Waals surface area contributed by atoms with Crippen molar-refractivity contribution in [1.82, 2.24) is 19.7 Å². The SMILES string of the molecule is CCn1c(SCCC(C)=O)nnc1-c1ccncc1. The zero-order valence-corrected chi connectivity index (χ0v) is 11.9. The van der Waals surface area contributed by atoms with Crippen LogP contribution >= 0.6 is 11.8 Å². The van der Waals surface area contributed by atoms with Crippen molar-refractivity contribution in [2.75, 3.05) is 5.75 Å². The van der Waals surface area contributed by atoms with Gasteiger partial charge in [-0.25, -0.2) is 0 Å². The van der Waals surface area contributed by atoms with Crippen LogP contribution in [0, 0.1) is 0 Å². The number of ketones is 1. The maximum atomic E-state index is 11.0. The minimum atomic E-state index is 0.199. The molecule has 2 aromatic heterocycles. The van der Waals surface area contributed by atoms with Crippen LogP contribution in [0.4, 0.5) is 0 Å². The fourth-order valence-electron chi connectivity index (χ4n) is 1.68. The van der Waals surface area contributed by atoms with Gasteiger partial charge in [-0.2, -0.15) is 0 Å². The maximum absolute atomic E-state index is 11.0. The Labute approximate surface area is 116 Å². The van der Waals surface area contributed by atoms with Gasteiger partial charge in [0.05, 0.1) is 0 Å². The molecule has 0 saturated carbocycles. The van der Waals surface area contributed by atoms with Gasteiger partial charge in [-0.05, 0) is 26.0 Å². The normalized spacial score (nSPS) is 10.6. The summed E-state index contributed by atoms with van der Waals surface area (Å²) in [5.74, 6) is 1.78. The summed E-state index contributed by atoms with van der Waals surface area (Å²) in [4.78, 5) is 15.0. The van der Waals surface area contributed by atoms with E-state index >= 15 is 0 Å². The van der Waals surface area contributed by atoms with Crippen LogP contribution in [0.2, 0.25) is 0 Å². The lowest BCUT2D eigenvalue weighted by molar-refractivity contribution is -0.116.